The Hall–Kier alpha value is -3.31. The highest BCUT2D eigenvalue weighted by Crippen LogP contribution is 2.36. The Kier molecular flexibility index (Phi) is 8.15. The van der Waals surface area contributed by atoms with Crippen LogP contribution in [0.15, 0.2) is 40.5 Å². The zero-order chi connectivity index (χ0) is 26.7. The van der Waals surface area contributed by atoms with Gasteiger partial charge in [0.2, 0.25) is 11.8 Å². The Bertz CT molecular complexity index is 1320. The third-order valence-electron chi connectivity index (χ3n) is 5.58. The van der Waals surface area contributed by atoms with Gasteiger partial charge in [0.15, 0.2) is 0 Å². The minimum absolute atomic E-state index is 0.0179. The summed E-state index contributed by atoms with van der Waals surface area (Å²) in [5.41, 5.74) is 6.84. The molecule has 3 rings (SSSR count). The van der Waals surface area contributed by atoms with Gasteiger partial charge in [0, 0.05) is 37.4 Å². The molecule has 1 aromatic heterocycles. The molecular formula is C25H31FN4O5S. The van der Waals surface area contributed by atoms with Gasteiger partial charge < -0.3 is 15.2 Å². The second-order valence-electron chi connectivity index (χ2n) is 9.39. The molecule has 11 heteroatoms. The maximum atomic E-state index is 15.6. The topological polar surface area (TPSA) is 133 Å². The Morgan fingerprint density at radius 2 is 2.06 bits per heavy atom. The van der Waals surface area contributed by atoms with E-state index in [-0.39, 0.29) is 24.0 Å². The van der Waals surface area contributed by atoms with Crippen LogP contribution in [0, 0.1) is 5.82 Å². The number of ether oxygens (including phenoxy) is 2. The molecule has 0 atom stereocenters. The normalized spacial score (nSPS) is 18.6. The number of aliphatic imine (C=N–C) groups is 1. The van der Waals surface area contributed by atoms with Crippen molar-refractivity contribution in [3.05, 3.63) is 58.0 Å². The Labute approximate surface area is 210 Å². The lowest BCUT2D eigenvalue weighted by atomic mass is 9.86. The number of methoxy groups -OCH3 is 1. The van der Waals surface area contributed by atoms with Crippen molar-refractivity contribution in [3.63, 3.8) is 0 Å². The van der Waals surface area contributed by atoms with E-state index in [9.17, 15) is 13.2 Å². The average molecular weight is 519 g/mol. The van der Waals surface area contributed by atoms with E-state index in [4.69, 9.17) is 15.2 Å². The largest absolute Gasteiger partial charge is 0.475 e. The number of nitrogens with zero attached hydrogens (tertiary/aromatic N) is 2. The van der Waals surface area contributed by atoms with Crippen LogP contribution in [0.3, 0.4) is 0 Å². The molecule has 1 aliphatic rings. The molecule has 0 saturated carbocycles. The molecule has 1 aromatic carbocycles. The third-order valence-corrected chi connectivity index (χ3v) is 6.94. The number of fused-ring (bicyclic) bond motifs is 4. The van der Waals surface area contributed by atoms with Crippen molar-refractivity contribution in [1.29, 1.82) is 0 Å². The average Bonchev–Trinajstić information content (AvgIpc) is 2.79. The van der Waals surface area contributed by atoms with Gasteiger partial charge in [-0.25, -0.2) is 22.5 Å². The van der Waals surface area contributed by atoms with Crippen LogP contribution in [0.1, 0.15) is 50.3 Å². The number of nitrogens with one attached hydrogen (secondary N) is 1. The number of hydrogen-bond acceptors (Lipinski definition) is 8. The van der Waals surface area contributed by atoms with Crippen LogP contribution in [0.5, 0.6) is 5.88 Å². The molecule has 2 heterocycles. The van der Waals surface area contributed by atoms with Crippen LogP contribution >= 0.6 is 0 Å². The van der Waals surface area contributed by atoms with E-state index in [1.807, 2.05) is 4.72 Å². The Morgan fingerprint density at radius 3 is 2.69 bits per heavy atom. The molecule has 36 heavy (non-hydrogen) atoms. The van der Waals surface area contributed by atoms with E-state index in [0.29, 0.717) is 33.7 Å². The SMILES string of the molecule is COCc1cc2c(c(C(C)C)c1F)CC(=O)NS(=O)(=O)/C(=C/N)C=NC(C)(C)COc1cc-2ccn1. The van der Waals surface area contributed by atoms with E-state index in [0.717, 1.165) is 12.4 Å². The summed E-state index contributed by atoms with van der Waals surface area (Å²) in [6.07, 6.45) is 3.08. The summed E-state index contributed by atoms with van der Waals surface area (Å²) in [5.74, 6) is -1.36. The first-order chi connectivity index (χ1) is 16.9. The molecule has 2 bridgehead atoms. The second kappa shape index (κ2) is 10.8. The fourth-order valence-electron chi connectivity index (χ4n) is 3.88. The minimum Gasteiger partial charge on any atom is -0.475 e. The molecule has 1 amide bonds. The van der Waals surface area contributed by atoms with Crippen molar-refractivity contribution in [3.8, 4) is 17.0 Å². The Morgan fingerprint density at radius 1 is 1.33 bits per heavy atom. The quantitative estimate of drug-likeness (QED) is 0.638. The van der Waals surface area contributed by atoms with Crippen LogP contribution in [-0.2, 0) is 32.6 Å². The zero-order valence-corrected chi connectivity index (χ0v) is 21.8. The highest BCUT2D eigenvalue weighted by Gasteiger charge is 2.27. The van der Waals surface area contributed by atoms with Gasteiger partial charge in [-0.2, -0.15) is 0 Å². The summed E-state index contributed by atoms with van der Waals surface area (Å²) in [6, 6.07) is 5.02. The van der Waals surface area contributed by atoms with Crippen LogP contribution < -0.4 is 15.2 Å². The fourth-order valence-corrected chi connectivity index (χ4v) is 4.74. The number of aromatic nitrogens is 1. The maximum absolute atomic E-state index is 15.6. The predicted molar refractivity (Wildman–Crippen MR) is 136 cm³/mol. The van der Waals surface area contributed by atoms with E-state index in [1.165, 1.54) is 7.11 Å². The molecule has 194 valence electrons. The monoisotopic (exact) mass is 518 g/mol. The van der Waals surface area contributed by atoms with Crippen molar-refractivity contribution in [2.45, 2.75) is 52.2 Å². The molecule has 3 N–H and O–H groups in total. The highest BCUT2D eigenvalue weighted by atomic mass is 32.2. The molecule has 0 unspecified atom stereocenters. The lowest BCUT2D eigenvalue weighted by Gasteiger charge is -2.22. The van der Waals surface area contributed by atoms with Crippen molar-refractivity contribution in [2.24, 2.45) is 10.7 Å². The van der Waals surface area contributed by atoms with Gasteiger partial charge in [-0.1, -0.05) is 13.8 Å². The number of benzene rings is 1. The van der Waals surface area contributed by atoms with E-state index < -0.39 is 33.7 Å². The summed E-state index contributed by atoms with van der Waals surface area (Å²) in [7, 11) is -2.87. The molecular weight excluding hydrogens is 487 g/mol. The number of nitrogens with two attached hydrogens (primary N) is 1. The van der Waals surface area contributed by atoms with E-state index in [1.54, 1.807) is 52.1 Å². The lowest BCUT2D eigenvalue weighted by Crippen LogP contribution is -2.34. The van der Waals surface area contributed by atoms with Crippen molar-refractivity contribution in [1.82, 2.24) is 9.71 Å². The zero-order valence-electron chi connectivity index (χ0n) is 21.0. The summed E-state index contributed by atoms with van der Waals surface area (Å²) in [4.78, 5) is 21.2. The number of halogens is 1. The molecule has 9 nitrogen and oxygen atoms in total. The molecule has 0 fully saturated rings. The van der Waals surface area contributed by atoms with Crippen molar-refractivity contribution >= 4 is 22.1 Å². The number of allylic oxidation sites excluding steroid dienone is 1. The van der Waals surface area contributed by atoms with Gasteiger partial charge in [0.25, 0.3) is 10.0 Å². The van der Waals surface area contributed by atoms with E-state index >= 15 is 4.39 Å². The van der Waals surface area contributed by atoms with Gasteiger partial charge in [-0.3, -0.25) is 9.79 Å². The smallest absolute Gasteiger partial charge is 0.267 e. The first-order valence-electron chi connectivity index (χ1n) is 11.3. The summed E-state index contributed by atoms with van der Waals surface area (Å²) in [6.45, 7) is 7.18. The number of pyridine rings is 1. The first-order valence-corrected chi connectivity index (χ1v) is 12.8. The predicted octanol–water partition coefficient (Wildman–Crippen LogP) is 3.19. The van der Waals surface area contributed by atoms with Crippen LogP contribution in [-0.4, -0.2) is 44.8 Å². The minimum atomic E-state index is -4.33. The molecule has 0 radical (unpaired) electrons. The first kappa shape index (κ1) is 27.3. The van der Waals surface area contributed by atoms with Crippen molar-refractivity contribution in [2.75, 3.05) is 13.7 Å². The number of rotatable bonds is 3. The van der Waals surface area contributed by atoms with Crippen molar-refractivity contribution < 1.29 is 27.1 Å². The van der Waals surface area contributed by atoms with Gasteiger partial charge in [0.05, 0.1) is 18.6 Å². The maximum Gasteiger partial charge on any atom is 0.267 e. The number of carbonyl (C=O) groups excluding carboxylic acids is 1. The number of carbonyl (C=O) groups is 1. The summed E-state index contributed by atoms with van der Waals surface area (Å²) >= 11 is 0. The van der Waals surface area contributed by atoms with Gasteiger partial charge >= 0.3 is 0 Å². The molecule has 0 spiro atoms. The molecule has 2 aromatic rings. The number of sulfonamides is 1. The van der Waals surface area contributed by atoms with Crippen LogP contribution in [0.2, 0.25) is 0 Å². The van der Waals surface area contributed by atoms with Gasteiger partial charge in [-0.15, -0.1) is 0 Å². The van der Waals surface area contributed by atoms with Crippen LogP contribution in [0.4, 0.5) is 4.39 Å². The summed E-state index contributed by atoms with van der Waals surface area (Å²) in [5, 5.41) is 0. The standard InChI is InChI=1S/C25H31FN4O5S/c1-15(2)23-20-10-21(31)30-36(32,33)18(11-27)12-29-25(3,4)14-35-22-9-16(6-7-28-22)19(20)8-17(13-34-5)24(23)26/h6-9,11-12,15H,10,13-14,27H2,1-5H3,(H,30,31)/b18-11+,29-12?. The van der Waals surface area contributed by atoms with E-state index in [2.05, 4.69) is 9.98 Å². The van der Waals surface area contributed by atoms with Gasteiger partial charge in [-0.05, 0) is 54.2 Å². The second-order valence-corrected chi connectivity index (χ2v) is 11.1. The fraction of sp³-hybridized carbons (Fsp3) is 0.400. The highest BCUT2D eigenvalue weighted by molar-refractivity contribution is 7.94. The van der Waals surface area contributed by atoms with Crippen LogP contribution in [0.25, 0.3) is 11.1 Å². The summed E-state index contributed by atoms with van der Waals surface area (Å²) < 4.78 is 54.4. The van der Waals surface area contributed by atoms with Gasteiger partial charge in [0.1, 0.15) is 17.3 Å². The Balaban J connectivity index is 2.30. The molecule has 1 aliphatic heterocycles. The lowest BCUT2D eigenvalue weighted by molar-refractivity contribution is -0.118. The third kappa shape index (κ3) is 6.08. The molecule has 0 aliphatic carbocycles. The number of hydrogen-bond donors (Lipinski definition) is 2. The number of amides is 1. The molecule has 0 saturated heterocycles.